The van der Waals surface area contributed by atoms with E-state index in [1.54, 1.807) is 13.2 Å². The summed E-state index contributed by atoms with van der Waals surface area (Å²) in [6.07, 6.45) is 0. The molecule has 0 bridgehead atoms. The number of hydrogen-bond acceptors (Lipinski definition) is 2. The van der Waals surface area contributed by atoms with Gasteiger partial charge in [0, 0.05) is 30.2 Å². The van der Waals surface area contributed by atoms with Gasteiger partial charge in [0.15, 0.2) is 0 Å². The van der Waals surface area contributed by atoms with Crippen molar-refractivity contribution >= 4 is 39.1 Å². The minimum Gasteiger partial charge on any atom is -0.383 e. The molecule has 0 aliphatic heterocycles. The maximum absolute atomic E-state index is 6.12. The van der Waals surface area contributed by atoms with Gasteiger partial charge in [-0.05, 0) is 30.8 Å². The first-order valence-corrected chi connectivity index (χ1v) is 6.95. The summed E-state index contributed by atoms with van der Waals surface area (Å²) in [7, 11) is 3.74. The largest absolute Gasteiger partial charge is 0.383 e. The zero-order chi connectivity index (χ0) is 12.8. The van der Waals surface area contributed by atoms with Gasteiger partial charge in [0.25, 0.3) is 0 Å². The van der Waals surface area contributed by atoms with Crippen LogP contribution < -0.4 is 0 Å². The Morgan fingerprint density at radius 2 is 2.12 bits per heavy atom. The second-order valence-electron chi connectivity index (χ2n) is 3.99. The number of alkyl halides is 1. The predicted octanol–water partition coefficient (Wildman–Crippen LogP) is 3.84. The van der Waals surface area contributed by atoms with Crippen molar-refractivity contribution in [3.63, 3.8) is 0 Å². The summed E-state index contributed by atoms with van der Waals surface area (Å²) in [5, 5.41) is 1.46. The van der Waals surface area contributed by atoms with E-state index in [1.165, 1.54) is 0 Å². The Hall–Kier alpha value is 0.200. The van der Waals surface area contributed by atoms with Crippen LogP contribution in [0.5, 0.6) is 0 Å². The number of ether oxygens (including phenoxy) is 1. The second-order valence-corrected chi connectivity index (χ2v) is 6.12. The minimum atomic E-state index is 0.315. The fourth-order valence-corrected chi connectivity index (χ4v) is 2.72. The lowest BCUT2D eigenvalue weighted by Gasteiger charge is -2.20. The van der Waals surface area contributed by atoms with Crippen molar-refractivity contribution in [3.05, 3.63) is 33.8 Å². The maximum atomic E-state index is 6.12. The van der Waals surface area contributed by atoms with E-state index in [0.29, 0.717) is 16.5 Å². The Morgan fingerprint density at radius 3 is 2.76 bits per heavy atom. The number of halogens is 3. The number of hydrogen-bond donors (Lipinski definition) is 0. The molecule has 1 aromatic carbocycles. The fourth-order valence-electron chi connectivity index (χ4n) is 1.59. The highest BCUT2D eigenvalue weighted by atomic mass is 79.9. The van der Waals surface area contributed by atoms with Crippen molar-refractivity contribution in [2.45, 2.75) is 11.4 Å². The van der Waals surface area contributed by atoms with E-state index in [9.17, 15) is 0 Å². The Balaban J connectivity index is 2.55. The van der Waals surface area contributed by atoms with Crippen molar-refractivity contribution in [3.8, 4) is 0 Å². The molecule has 0 N–H and O–H groups in total. The quantitative estimate of drug-likeness (QED) is 0.729. The molecule has 0 heterocycles. The molecule has 0 aromatic heterocycles. The zero-order valence-electron chi connectivity index (χ0n) is 9.92. The average Bonchev–Trinajstić information content (AvgIpc) is 2.23. The van der Waals surface area contributed by atoms with Gasteiger partial charge >= 0.3 is 0 Å². The summed E-state index contributed by atoms with van der Waals surface area (Å²) >= 11 is 15.6. The lowest BCUT2D eigenvalue weighted by molar-refractivity contribution is 0.185. The van der Waals surface area contributed by atoms with E-state index < -0.39 is 0 Å². The predicted molar refractivity (Wildman–Crippen MR) is 77.4 cm³/mol. The van der Waals surface area contributed by atoms with Gasteiger partial charge in [0.2, 0.25) is 0 Å². The summed E-state index contributed by atoms with van der Waals surface area (Å²) in [6, 6.07) is 5.53. The normalized spacial score (nSPS) is 13.1. The molecular formula is C12H16BrCl2NO. The molecule has 1 atom stereocenters. The van der Waals surface area contributed by atoms with E-state index >= 15 is 0 Å². The Kier molecular flexibility index (Phi) is 6.82. The van der Waals surface area contributed by atoms with E-state index in [2.05, 4.69) is 20.8 Å². The molecule has 17 heavy (non-hydrogen) atoms. The monoisotopic (exact) mass is 339 g/mol. The van der Waals surface area contributed by atoms with Crippen molar-refractivity contribution < 1.29 is 4.74 Å². The average molecular weight is 341 g/mol. The fraction of sp³-hybridized carbons (Fsp3) is 0.500. The summed E-state index contributed by atoms with van der Waals surface area (Å²) < 4.78 is 5.08. The first-order valence-electron chi connectivity index (χ1n) is 5.28. The molecule has 0 radical (unpaired) electrons. The zero-order valence-corrected chi connectivity index (χ0v) is 13.0. The van der Waals surface area contributed by atoms with Crippen molar-refractivity contribution in [1.82, 2.24) is 4.90 Å². The van der Waals surface area contributed by atoms with Crippen LogP contribution in [0.15, 0.2) is 18.2 Å². The molecule has 0 fully saturated rings. The first kappa shape index (κ1) is 15.3. The first-order chi connectivity index (χ1) is 8.02. The number of rotatable bonds is 6. The lowest BCUT2D eigenvalue weighted by Crippen LogP contribution is -2.28. The van der Waals surface area contributed by atoms with Gasteiger partial charge in [-0.15, -0.1) is 0 Å². The Bertz CT molecular complexity index is 362. The SMILES string of the molecule is COCC(Br)CN(C)Cc1cc(Cl)ccc1Cl. The standard InChI is InChI=1S/C12H16BrCl2NO/c1-16(7-10(13)8-17-2)6-9-5-11(14)3-4-12(9)15/h3-5,10H,6-8H2,1-2H3. The van der Waals surface area contributed by atoms with Crippen LogP contribution in [0.4, 0.5) is 0 Å². The van der Waals surface area contributed by atoms with Gasteiger partial charge < -0.3 is 9.64 Å². The molecule has 0 amide bonds. The van der Waals surface area contributed by atoms with Gasteiger partial charge in [-0.3, -0.25) is 0 Å². The summed E-state index contributed by atoms with van der Waals surface area (Å²) in [5.41, 5.74) is 1.04. The lowest BCUT2D eigenvalue weighted by atomic mass is 10.2. The van der Waals surface area contributed by atoms with Crippen LogP contribution in [0.1, 0.15) is 5.56 Å². The third-order valence-electron chi connectivity index (χ3n) is 2.31. The van der Waals surface area contributed by atoms with Crippen LogP contribution in [0.2, 0.25) is 10.0 Å². The van der Waals surface area contributed by atoms with Crippen LogP contribution in [-0.4, -0.2) is 37.0 Å². The smallest absolute Gasteiger partial charge is 0.0600 e. The third-order valence-corrected chi connectivity index (χ3v) is 3.46. The molecule has 0 aliphatic rings. The van der Waals surface area contributed by atoms with Crippen molar-refractivity contribution in [2.24, 2.45) is 0 Å². The van der Waals surface area contributed by atoms with Crippen LogP contribution in [0.25, 0.3) is 0 Å². The van der Waals surface area contributed by atoms with Crippen molar-refractivity contribution in [1.29, 1.82) is 0 Å². The molecule has 1 unspecified atom stereocenters. The van der Waals surface area contributed by atoms with Crippen LogP contribution in [0.3, 0.4) is 0 Å². The highest BCUT2D eigenvalue weighted by molar-refractivity contribution is 9.09. The van der Waals surface area contributed by atoms with Crippen LogP contribution in [0, 0.1) is 0 Å². The molecule has 0 saturated heterocycles. The third kappa shape index (κ3) is 5.58. The molecule has 5 heteroatoms. The van der Waals surface area contributed by atoms with Gasteiger partial charge in [0.1, 0.15) is 0 Å². The van der Waals surface area contributed by atoms with Gasteiger partial charge in [0.05, 0.1) is 11.4 Å². The molecule has 0 spiro atoms. The van der Waals surface area contributed by atoms with Crippen LogP contribution >= 0.6 is 39.1 Å². The Morgan fingerprint density at radius 1 is 1.41 bits per heavy atom. The Labute approximate surface area is 121 Å². The molecule has 1 rings (SSSR count). The summed E-state index contributed by atoms with van der Waals surface area (Å²) in [5.74, 6) is 0. The topological polar surface area (TPSA) is 12.5 Å². The van der Waals surface area contributed by atoms with E-state index in [-0.39, 0.29) is 0 Å². The highest BCUT2D eigenvalue weighted by Crippen LogP contribution is 2.22. The van der Waals surface area contributed by atoms with E-state index in [4.69, 9.17) is 27.9 Å². The van der Waals surface area contributed by atoms with E-state index in [1.807, 2.05) is 19.2 Å². The molecule has 96 valence electrons. The molecule has 0 saturated carbocycles. The second kappa shape index (κ2) is 7.59. The summed E-state index contributed by atoms with van der Waals surface area (Å²) in [4.78, 5) is 2.49. The molecule has 1 aromatic rings. The number of benzene rings is 1. The van der Waals surface area contributed by atoms with Crippen LogP contribution in [-0.2, 0) is 11.3 Å². The van der Waals surface area contributed by atoms with Gasteiger partial charge in [-0.25, -0.2) is 0 Å². The van der Waals surface area contributed by atoms with E-state index in [0.717, 1.165) is 23.7 Å². The summed E-state index contributed by atoms with van der Waals surface area (Å²) in [6.45, 7) is 2.34. The number of methoxy groups -OCH3 is 1. The minimum absolute atomic E-state index is 0.315. The van der Waals surface area contributed by atoms with Crippen molar-refractivity contribution in [2.75, 3.05) is 27.3 Å². The number of nitrogens with zero attached hydrogens (tertiary/aromatic N) is 1. The molecular weight excluding hydrogens is 325 g/mol. The highest BCUT2D eigenvalue weighted by Gasteiger charge is 2.10. The molecule has 2 nitrogen and oxygen atoms in total. The van der Waals surface area contributed by atoms with Gasteiger partial charge in [-0.1, -0.05) is 39.1 Å². The molecule has 0 aliphatic carbocycles. The van der Waals surface area contributed by atoms with Gasteiger partial charge in [-0.2, -0.15) is 0 Å². The maximum Gasteiger partial charge on any atom is 0.0600 e.